The molecule has 5 aromatic carbocycles. The van der Waals surface area contributed by atoms with Gasteiger partial charge in [0.05, 0.1) is 25.2 Å². The summed E-state index contributed by atoms with van der Waals surface area (Å²) in [6, 6.07) is 31.8. The van der Waals surface area contributed by atoms with Crippen molar-refractivity contribution in [1.82, 2.24) is 15.6 Å². The molecule has 10 N–H and O–H groups in total. The molecule has 3 fully saturated rings. The summed E-state index contributed by atoms with van der Waals surface area (Å²) in [7, 11) is 1.51. The number of carbonyl (C=O) groups excluding carboxylic acids is 2. The molecule has 0 amide bonds. The number of Topliss-reactive ketones (excluding diaryl/α,β-unsaturated/α-hetero) is 2. The van der Waals surface area contributed by atoms with Crippen LogP contribution in [-0.4, -0.2) is 92.2 Å². The van der Waals surface area contributed by atoms with Gasteiger partial charge in [0.2, 0.25) is 0 Å². The number of rotatable bonds is 7. The van der Waals surface area contributed by atoms with E-state index in [1.165, 1.54) is 12.7 Å². The van der Waals surface area contributed by atoms with Gasteiger partial charge in [0.1, 0.15) is 17.3 Å². The van der Waals surface area contributed by atoms with Crippen LogP contribution in [0.25, 0.3) is 10.8 Å². The Labute approximate surface area is 543 Å². The SMILES string of the molecule is CCCC1C2CC(CC3=CCNC(=C3)Nc3ccc4ccc(c(O)c4c3)CC(O)CNCC(C)c3c[nH]c(c3)C3(CCCCC3)C1O)CC1C#CC(c3ccccc3C3CCC(Cc4cccc(O)c4)C(C)C3)c3cc(O)c(OC)cc3CCC(=O)C(O)C(=O)C1C2. The number of ketones is 2. The van der Waals surface area contributed by atoms with Crippen LogP contribution >= 0.6 is 0 Å². The fourth-order valence-corrected chi connectivity index (χ4v) is 17.4. The van der Waals surface area contributed by atoms with E-state index in [2.05, 4.69) is 108 Å². The minimum Gasteiger partial charge on any atom is -0.508 e. The second-order valence-electron chi connectivity index (χ2n) is 28.4. The van der Waals surface area contributed by atoms with Crippen LogP contribution in [0.4, 0.5) is 5.69 Å². The molecule has 0 radical (unpaired) electrons. The van der Waals surface area contributed by atoms with Crippen LogP contribution < -0.4 is 20.7 Å². The molecule has 1 aromatic heterocycles. The highest BCUT2D eigenvalue weighted by Crippen LogP contribution is 2.52. The number of phenols is 3. The van der Waals surface area contributed by atoms with Gasteiger partial charge < -0.3 is 56.3 Å². The Bertz CT molecular complexity index is 3750. The number of anilines is 1. The number of β-amino-alcohol motifs (C(OH)–C–C–N with tert-alkyl or cyclic N) is 1. The van der Waals surface area contributed by atoms with Crippen molar-refractivity contribution in [2.45, 2.75) is 178 Å². The van der Waals surface area contributed by atoms with Crippen molar-refractivity contribution in [2.24, 2.45) is 41.4 Å². The van der Waals surface area contributed by atoms with Crippen LogP contribution in [-0.2, 0) is 34.3 Å². The van der Waals surface area contributed by atoms with Gasteiger partial charge in [-0.1, -0.05) is 119 Å². The number of carbonyl (C=O) groups is 2. The molecule has 3 saturated carbocycles. The van der Waals surface area contributed by atoms with Crippen LogP contribution in [0.3, 0.4) is 0 Å². The van der Waals surface area contributed by atoms with E-state index in [0.717, 1.165) is 127 Å². The molecule has 12 rings (SSSR count). The van der Waals surface area contributed by atoms with Crippen molar-refractivity contribution >= 4 is 28.0 Å². The number of benzene rings is 5. The van der Waals surface area contributed by atoms with E-state index < -0.39 is 53.0 Å². The van der Waals surface area contributed by atoms with Gasteiger partial charge >= 0.3 is 0 Å². The molecular weight excluding hydrogens is 1150 g/mol. The molecule has 13 atom stereocenters. The number of ether oxygens (including phenoxy) is 1. The van der Waals surface area contributed by atoms with Crippen LogP contribution in [0.15, 0.2) is 127 Å². The highest BCUT2D eigenvalue weighted by atomic mass is 16.5. The van der Waals surface area contributed by atoms with Crippen molar-refractivity contribution in [3.05, 3.63) is 171 Å². The minimum atomic E-state index is -1.87. The largest absolute Gasteiger partial charge is 0.508 e. The van der Waals surface area contributed by atoms with Gasteiger partial charge in [-0.15, -0.1) is 0 Å². The number of H-pyrrole nitrogens is 1. The van der Waals surface area contributed by atoms with E-state index in [9.17, 15) is 35.4 Å². The normalized spacial score (nSPS) is 29.0. The third-order valence-corrected chi connectivity index (χ3v) is 22.4. The summed E-state index contributed by atoms with van der Waals surface area (Å²) in [6.45, 7) is 8.22. The zero-order valence-corrected chi connectivity index (χ0v) is 54.2. The predicted octanol–water partition coefficient (Wildman–Crippen LogP) is 13.4. The number of aliphatic hydroxyl groups is 3. The highest BCUT2D eigenvalue weighted by Gasteiger charge is 2.50. The summed E-state index contributed by atoms with van der Waals surface area (Å²) in [5, 5.41) is 83.5. The molecule has 3 heterocycles. The maximum atomic E-state index is 15.7. The Morgan fingerprint density at radius 1 is 0.772 bits per heavy atom. The first kappa shape index (κ1) is 64.8. The summed E-state index contributed by atoms with van der Waals surface area (Å²) in [5.41, 5.74) is 9.00. The maximum Gasteiger partial charge on any atom is 0.173 e. The number of allylic oxidation sites excluding steroid dienone is 2. The lowest BCUT2D eigenvalue weighted by atomic mass is 9.61. The average Bonchev–Trinajstić information content (AvgIpc) is 1.44. The lowest BCUT2D eigenvalue weighted by molar-refractivity contribution is -0.142. The second-order valence-corrected chi connectivity index (χ2v) is 28.4. The van der Waals surface area contributed by atoms with E-state index in [0.29, 0.717) is 68.1 Å². The minimum absolute atomic E-state index is 0.0373. The number of dihydropyridines is 1. The van der Waals surface area contributed by atoms with Gasteiger partial charge in [0, 0.05) is 72.7 Å². The number of phenolic OH excluding ortho intramolecular Hbond substituents is 3. The molecule has 1 spiro atoms. The summed E-state index contributed by atoms with van der Waals surface area (Å²) in [5.74, 6) is 6.81. The van der Waals surface area contributed by atoms with E-state index >= 15 is 4.79 Å². The quantitative estimate of drug-likeness (QED) is 0.0534. The number of fused-ring (bicyclic) bond motifs is 10. The van der Waals surface area contributed by atoms with Crippen LogP contribution in [0.2, 0.25) is 0 Å². The number of aromatic nitrogens is 1. The number of hydrogen-bond donors (Lipinski definition) is 10. The number of aliphatic hydroxyl groups excluding tert-OH is 3. The number of hydrogen-bond acceptors (Lipinski definition) is 12. The Hall–Kier alpha value is -7.34. The van der Waals surface area contributed by atoms with Gasteiger partial charge in [0.15, 0.2) is 29.2 Å². The van der Waals surface area contributed by atoms with E-state index in [4.69, 9.17) is 4.74 Å². The van der Waals surface area contributed by atoms with E-state index in [1.54, 1.807) is 18.2 Å². The standard InChI is InChI=1S/C79H96N4O9/c1-5-12-64-58-35-51(32-50-27-30-81-74(37-50)83-60-24-21-52-17-20-57(75(88)69(52)42-60)38-62(85)46-80-44-48(3)59-41-73(82-45-59)79(78(64)91)28-9-6-10-29-79)34-55-22-25-66(67-43-71(87)72(92-4)40-56(67)23-26-70(86)77(90)76(89)68(55)39-58)65-16-8-7-15-63(65)54-19-18-53(47(2)31-54)33-49-13-11-14-61(84)36-49/h7-8,11,13-17,20-21,24,27,36-37,40-43,45,47-48,51,53-55,58,62,64,66,68,77-78,80-85,87-88,90-91H,5-6,9-10,12,18-19,23,26,28-35,38-39,44,46H2,1-4H3. The summed E-state index contributed by atoms with van der Waals surface area (Å²) in [6.07, 6.45) is 15.6. The lowest BCUT2D eigenvalue weighted by Gasteiger charge is -2.46. The number of aromatic amines is 1. The average molecular weight is 1250 g/mol. The van der Waals surface area contributed by atoms with Crippen molar-refractivity contribution < 1.29 is 45.0 Å². The van der Waals surface area contributed by atoms with Crippen molar-refractivity contribution in [1.29, 1.82) is 0 Å². The molecule has 13 heteroatoms. The Balaban J connectivity index is 0.974. The molecule has 13 unspecified atom stereocenters. The van der Waals surface area contributed by atoms with Gasteiger partial charge in [-0.3, -0.25) is 9.59 Å². The van der Waals surface area contributed by atoms with Crippen LogP contribution in [0, 0.1) is 53.3 Å². The van der Waals surface area contributed by atoms with E-state index in [1.807, 2.05) is 42.5 Å². The Kier molecular flexibility index (Phi) is 20.0. The second kappa shape index (κ2) is 28.5. The highest BCUT2D eigenvalue weighted by molar-refractivity contribution is 6.06. The van der Waals surface area contributed by atoms with Gasteiger partial charge in [-0.2, -0.15) is 0 Å². The Morgan fingerprint density at radius 2 is 1.59 bits per heavy atom. The van der Waals surface area contributed by atoms with E-state index in [-0.39, 0.29) is 71.9 Å². The first-order valence-electron chi connectivity index (χ1n) is 34.5. The molecule has 13 nitrogen and oxygen atoms in total. The first-order valence-corrected chi connectivity index (χ1v) is 34.5. The van der Waals surface area contributed by atoms with Crippen molar-refractivity contribution in [3.63, 3.8) is 0 Å². The fourth-order valence-electron chi connectivity index (χ4n) is 17.4. The maximum absolute atomic E-state index is 15.7. The topological polar surface area (TPSA) is 217 Å². The van der Waals surface area contributed by atoms with Gasteiger partial charge in [-0.05, 0) is 217 Å². The number of aromatic hydroxyl groups is 3. The molecule has 2 aliphatic heterocycles. The van der Waals surface area contributed by atoms with Gasteiger partial charge in [-0.25, -0.2) is 0 Å². The Morgan fingerprint density at radius 3 is 2.38 bits per heavy atom. The van der Waals surface area contributed by atoms with Crippen LogP contribution in [0.1, 0.15) is 179 Å². The number of methoxy groups -OCH3 is 1. The number of nitrogens with one attached hydrogen (secondary N) is 4. The molecular formula is C79H96N4O9. The smallest absolute Gasteiger partial charge is 0.173 e. The monoisotopic (exact) mass is 1240 g/mol. The summed E-state index contributed by atoms with van der Waals surface area (Å²) in [4.78, 5) is 34.1. The first-order chi connectivity index (χ1) is 44.6. The van der Waals surface area contributed by atoms with Crippen LogP contribution in [0.5, 0.6) is 23.0 Å². The van der Waals surface area contributed by atoms with Crippen molar-refractivity contribution in [3.8, 4) is 34.8 Å². The molecule has 4 aliphatic carbocycles. The fraction of sp³-hybridized carbons (Fsp3) is 0.494. The zero-order chi connectivity index (χ0) is 64.2. The van der Waals surface area contributed by atoms with Crippen molar-refractivity contribution in [2.75, 3.05) is 32.1 Å². The third kappa shape index (κ3) is 14.0. The predicted molar refractivity (Wildman–Crippen MR) is 363 cm³/mol. The third-order valence-electron chi connectivity index (χ3n) is 22.4. The molecule has 9 bridgehead atoms. The molecule has 6 aromatic rings. The van der Waals surface area contributed by atoms with Gasteiger partial charge in [0.25, 0.3) is 0 Å². The summed E-state index contributed by atoms with van der Waals surface area (Å²) < 4.78 is 5.72. The lowest BCUT2D eigenvalue weighted by Crippen LogP contribution is -2.48. The molecule has 486 valence electrons. The zero-order valence-electron chi connectivity index (χ0n) is 54.2. The number of aryl methyl sites for hydroxylation is 1. The molecule has 92 heavy (non-hydrogen) atoms. The summed E-state index contributed by atoms with van der Waals surface area (Å²) >= 11 is 0. The molecule has 0 saturated heterocycles. The molecule has 6 aliphatic rings.